The molecule has 2 rings (SSSR count). The number of alkyl halides is 1. The Morgan fingerprint density at radius 1 is 1.20 bits per heavy atom. The Morgan fingerprint density at radius 2 is 1.80 bits per heavy atom. The molecule has 5 heteroatoms. The molecule has 1 unspecified atom stereocenters. The zero-order valence-corrected chi connectivity index (χ0v) is 13.9. The van der Waals surface area contributed by atoms with Crippen LogP contribution in [0.4, 0.5) is 4.79 Å². The zero-order chi connectivity index (χ0) is 14.6. The normalized spacial score (nSPS) is 24.4. The fourth-order valence-electron chi connectivity index (χ4n) is 3.23. The molecule has 1 heterocycles. The molecule has 114 valence electrons. The lowest BCUT2D eigenvalue weighted by molar-refractivity contribution is -0.132. The van der Waals surface area contributed by atoms with Crippen LogP contribution < -0.4 is 5.32 Å². The summed E-state index contributed by atoms with van der Waals surface area (Å²) in [7, 11) is 0. The number of nitrogens with zero attached hydrogens (tertiary/aromatic N) is 1. The van der Waals surface area contributed by atoms with Crippen molar-refractivity contribution in [1.29, 1.82) is 0 Å². The summed E-state index contributed by atoms with van der Waals surface area (Å²) in [6, 6.07) is -0.185. The van der Waals surface area contributed by atoms with E-state index >= 15 is 0 Å². The minimum Gasteiger partial charge on any atom is -0.323 e. The first kappa shape index (κ1) is 15.8. The maximum Gasteiger partial charge on any atom is 0.325 e. The molecular formula is C15H25BrN2O2. The van der Waals surface area contributed by atoms with Crippen molar-refractivity contribution in [2.75, 3.05) is 11.9 Å². The molecule has 2 aliphatic rings. The zero-order valence-electron chi connectivity index (χ0n) is 12.3. The highest BCUT2D eigenvalue weighted by molar-refractivity contribution is 9.09. The number of imide groups is 1. The highest BCUT2D eigenvalue weighted by Crippen LogP contribution is 2.32. The van der Waals surface area contributed by atoms with Gasteiger partial charge in [-0.1, -0.05) is 61.4 Å². The molecule has 1 saturated carbocycles. The molecule has 4 nitrogen and oxygen atoms in total. The average Bonchev–Trinajstić information content (AvgIpc) is 2.64. The summed E-state index contributed by atoms with van der Waals surface area (Å²) < 4.78 is 0. The van der Waals surface area contributed by atoms with Crippen LogP contribution in [0.2, 0.25) is 0 Å². The van der Waals surface area contributed by atoms with E-state index in [0.717, 1.165) is 37.4 Å². The molecule has 20 heavy (non-hydrogen) atoms. The second-order valence-corrected chi connectivity index (χ2v) is 6.77. The summed E-state index contributed by atoms with van der Waals surface area (Å²) in [5.74, 6) is 0.359. The van der Waals surface area contributed by atoms with Gasteiger partial charge in [0.15, 0.2) is 0 Å². The molecule has 0 aromatic rings. The van der Waals surface area contributed by atoms with Gasteiger partial charge in [0.25, 0.3) is 5.91 Å². The lowest BCUT2D eigenvalue weighted by Crippen LogP contribution is -2.47. The van der Waals surface area contributed by atoms with Crippen molar-refractivity contribution in [3.63, 3.8) is 0 Å². The van der Waals surface area contributed by atoms with Crippen LogP contribution in [-0.2, 0) is 4.79 Å². The highest BCUT2D eigenvalue weighted by Gasteiger charge is 2.50. The predicted molar refractivity (Wildman–Crippen MR) is 82.9 cm³/mol. The molecule has 1 atom stereocenters. The van der Waals surface area contributed by atoms with Gasteiger partial charge in [0.2, 0.25) is 0 Å². The number of carbonyl (C=O) groups is 2. The van der Waals surface area contributed by atoms with Gasteiger partial charge in [-0.05, 0) is 18.8 Å². The molecule has 1 saturated heterocycles. The van der Waals surface area contributed by atoms with Crippen LogP contribution in [0.1, 0.15) is 58.3 Å². The van der Waals surface area contributed by atoms with Gasteiger partial charge in [-0.25, -0.2) is 4.79 Å². The average molecular weight is 345 g/mol. The van der Waals surface area contributed by atoms with E-state index in [9.17, 15) is 9.59 Å². The minimum atomic E-state index is -0.595. The predicted octanol–water partition coefficient (Wildman–Crippen LogP) is 3.44. The van der Waals surface area contributed by atoms with Crippen LogP contribution in [0.15, 0.2) is 0 Å². The first-order valence-corrected chi connectivity index (χ1v) is 8.95. The number of halogens is 1. The minimum absolute atomic E-state index is 0.0174. The first-order valence-electron chi connectivity index (χ1n) is 7.83. The number of rotatable bonds is 4. The molecule has 0 radical (unpaired) electrons. The third kappa shape index (κ3) is 3.18. The second-order valence-electron chi connectivity index (χ2n) is 6.12. The Balaban J connectivity index is 2.09. The van der Waals surface area contributed by atoms with Crippen LogP contribution in [-0.4, -0.2) is 34.3 Å². The third-order valence-electron chi connectivity index (χ3n) is 4.69. The molecule has 0 aromatic heterocycles. The molecule has 0 bridgehead atoms. The quantitative estimate of drug-likeness (QED) is 0.627. The maximum absolute atomic E-state index is 12.8. The fourth-order valence-corrected chi connectivity index (χ4v) is 3.90. The van der Waals surface area contributed by atoms with Crippen molar-refractivity contribution in [3.05, 3.63) is 0 Å². The van der Waals surface area contributed by atoms with Crippen molar-refractivity contribution in [3.8, 4) is 0 Å². The lowest BCUT2D eigenvalue weighted by atomic mass is 9.84. The molecule has 3 amide bonds. The summed E-state index contributed by atoms with van der Waals surface area (Å²) in [6.45, 7) is 2.63. The number of urea groups is 1. The summed E-state index contributed by atoms with van der Waals surface area (Å²) in [6.07, 6.45) is 8.25. The van der Waals surface area contributed by atoms with Crippen LogP contribution in [0.25, 0.3) is 0 Å². The van der Waals surface area contributed by atoms with E-state index in [-0.39, 0.29) is 11.9 Å². The van der Waals surface area contributed by atoms with Crippen molar-refractivity contribution < 1.29 is 9.59 Å². The summed E-state index contributed by atoms with van der Waals surface area (Å²) in [5.41, 5.74) is -0.595. The van der Waals surface area contributed by atoms with Gasteiger partial charge in [0, 0.05) is 11.9 Å². The Bertz CT molecular complexity index is 361. The Hall–Kier alpha value is -0.580. The third-order valence-corrected chi connectivity index (χ3v) is 5.61. The van der Waals surface area contributed by atoms with E-state index in [4.69, 9.17) is 0 Å². The largest absolute Gasteiger partial charge is 0.325 e. The van der Waals surface area contributed by atoms with Gasteiger partial charge >= 0.3 is 6.03 Å². The molecular weight excluding hydrogens is 320 g/mol. The smallest absolute Gasteiger partial charge is 0.323 e. The number of hydrogen-bond acceptors (Lipinski definition) is 2. The molecule has 2 fully saturated rings. The fraction of sp³-hybridized carbons (Fsp3) is 0.867. The van der Waals surface area contributed by atoms with Crippen molar-refractivity contribution in [2.45, 2.75) is 63.8 Å². The summed E-state index contributed by atoms with van der Waals surface area (Å²) in [5, 5.41) is 3.84. The second kappa shape index (κ2) is 6.92. The van der Waals surface area contributed by atoms with Crippen LogP contribution in [0, 0.1) is 5.92 Å². The first-order chi connectivity index (χ1) is 9.63. The van der Waals surface area contributed by atoms with Crippen molar-refractivity contribution >= 4 is 27.9 Å². The van der Waals surface area contributed by atoms with E-state index in [1.54, 1.807) is 0 Å². The van der Waals surface area contributed by atoms with Gasteiger partial charge in [-0.2, -0.15) is 0 Å². The van der Waals surface area contributed by atoms with Crippen LogP contribution >= 0.6 is 15.9 Å². The molecule has 1 aliphatic heterocycles. The number of hydrogen-bond donors (Lipinski definition) is 1. The summed E-state index contributed by atoms with van der Waals surface area (Å²) >= 11 is 3.46. The molecule has 0 aromatic carbocycles. The highest BCUT2D eigenvalue weighted by atomic mass is 79.9. The van der Waals surface area contributed by atoms with Crippen LogP contribution in [0.3, 0.4) is 0 Å². The van der Waals surface area contributed by atoms with Gasteiger partial charge in [-0.15, -0.1) is 0 Å². The number of nitrogens with one attached hydrogen (secondary N) is 1. The Labute approximate surface area is 129 Å². The lowest BCUT2D eigenvalue weighted by Gasteiger charge is -2.29. The van der Waals surface area contributed by atoms with E-state index in [0.29, 0.717) is 12.5 Å². The van der Waals surface area contributed by atoms with Gasteiger partial charge < -0.3 is 5.32 Å². The molecule has 1 aliphatic carbocycles. The number of carbonyl (C=O) groups excluding carboxylic acids is 2. The van der Waals surface area contributed by atoms with Gasteiger partial charge in [0.05, 0.1) is 0 Å². The van der Waals surface area contributed by atoms with E-state index in [1.807, 2.05) is 0 Å². The Kier molecular flexibility index (Phi) is 5.47. The standard InChI is InChI=1S/C15H25BrN2O2/c1-2-12(10-16)11-18-13(19)15(17-14(18)20)8-6-4-3-5-7-9-15/h12H,2-11H2,1H3,(H,17,20). The summed E-state index contributed by atoms with van der Waals surface area (Å²) in [4.78, 5) is 26.4. The topological polar surface area (TPSA) is 49.4 Å². The van der Waals surface area contributed by atoms with E-state index < -0.39 is 5.54 Å². The van der Waals surface area contributed by atoms with E-state index in [2.05, 4.69) is 28.2 Å². The van der Waals surface area contributed by atoms with Gasteiger partial charge in [0.1, 0.15) is 5.54 Å². The van der Waals surface area contributed by atoms with Crippen molar-refractivity contribution in [1.82, 2.24) is 10.2 Å². The maximum atomic E-state index is 12.8. The monoisotopic (exact) mass is 344 g/mol. The van der Waals surface area contributed by atoms with Gasteiger partial charge in [-0.3, -0.25) is 9.69 Å². The van der Waals surface area contributed by atoms with E-state index in [1.165, 1.54) is 24.2 Å². The van der Waals surface area contributed by atoms with Crippen molar-refractivity contribution in [2.24, 2.45) is 5.92 Å². The number of amides is 3. The Morgan fingerprint density at radius 3 is 2.35 bits per heavy atom. The SMILES string of the molecule is CCC(CBr)CN1C(=O)NC2(CCCCCCC2)C1=O. The molecule has 1 N–H and O–H groups in total. The van der Waals surface area contributed by atoms with Crippen LogP contribution in [0.5, 0.6) is 0 Å². The molecule has 1 spiro atoms.